The normalized spacial score (nSPS) is 14.6. The second-order valence-corrected chi connectivity index (χ2v) is 6.38. The molecule has 2 aromatic heterocycles. The maximum Gasteiger partial charge on any atom is 0.151 e. The Balaban J connectivity index is 1.68. The molecule has 1 saturated heterocycles. The molecular weight excluding hydrogens is 318 g/mol. The fraction of sp³-hybridized carbons (Fsp3) is 0.250. The number of benzene rings is 1. The van der Waals surface area contributed by atoms with Crippen LogP contribution in [0.2, 0.25) is 0 Å². The monoisotopic (exact) mass is 332 g/mol. The average Bonchev–Trinajstić information content (AvgIpc) is 3.17. The van der Waals surface area contributed by atoms with E-state index in [1.807, 2.05) is 11.4 Å². The maximum absolute atomic E-state index is 14.4. The van der Waals surface area contributed by atoms with Crippen LogP contribution in [0, 0.1) is 11.6 Å². The summed E-state index contributed by atoms with van der Waals surface area (Å²) in [6, 6.07) is 4.51. The van der Waals surface area contributed by atoms with E-state index in [9.17, 15) is 8.78 Å². The molecule has 4 nitrogen and oxygen atoms in total. The molecule has 7 heteroatoms. The van der Waals surface area contributed by atoms with Crippen molar-refractivity contribution in [2.24, 2.45) is 0 Å². The minimum Gasteiger partial charge on any atom is -0.367 e. The van der Waals surface area contributed by atoms with Crippen LogP contribution < -0.4 is 10.2 Å². The van der Waals surface area contributed by atoms with Gasteiger partial charge in [0.25, 0.3) is 0 Å². The first-order valence-corrected chi connectivity index (χ1v) is 8.29. The summed E-state index contributed by atoms with van der Waals surface area (Å²) in [5.74, 6) is -0.547. The van der Waals surface area contributed by atoms with E-state index in [1.54, 1.807) is 4.90 Å². The lowest BCUT2D eigenvalue weighted by Gasteiger charge is -2.20. The highest BCUT2D eigenvalue weighted by Crippen LogP contribution is 2.32. The van der Waals surface area contributed by atoms with Crippen molar-refractivity contribution >= 4 is 38.7 Å². The predicted molar refractivity (Wildman–Crippen MR) is 88.5 cm³/mol. The van der Waals surface area contributed by atoms with Crippen molar-refractivity contribution in [1.82, 2.24) is 9.97 Å². The van der Waals surface area contributed by atoms with Crippen molar-refractivity contribution in [1.29, 1.82) is 0 Å². The number of halogens is 2. The third-order valence-corrected chi connectivity index (χ3v) is 4.86. The van der Waals surface area contributed by atoms with Crippen molar-refractivity contribution in [3.8, 4) is 0 Å². The number of aromatic nitrogens is 2. The lowest BCUT2D eigenvalue weighted by molar-refractivity contribution is 0.578. The van der Waals surface area contributed by atoms with Gasteiger partial charge in [-0.1, -0.05) is 0 Å². The SMILES string of the molecule is Fc1cc(Nc2ncnc3ccsc23)cc(F)c1N1CCCC1. The summed E-state index contributed by atoms with van der Waals surface area (Å²) in [5, 5.41) is 4.90. The van der Waals surface area contributed by atoms with Crippen LogP contribution in [-0.4, -0.2) is 23.1 Å². The van der Waals surface area contributed by atoms with Crippen molar-refractivity contribution in [2.45, 2.75) is 12.8 Å². The zero-order valence-electron chi connectivity index (χ0n) is 12.2. The Morgan fingerprint density at radius 1 is 1.09 bits per heavy atom. The fourth-order valence-corrected chi connectivity index (χ4v) is 3.68. The molecule has 0 atom stereocenters. The first-order chi connectivity index (χ1) is 11.2. The highest BCUT2D eigenvalue weighted by molar-refractivity contribution is 7.17. The molecular formula is C16H14F2N4S. The summed E-state index contributed by atoms with van der Waals surface area (Å²) in [7, 11) is 0. The second kappa shape index (κ2) is 5.73. The molecule has 1 aromatic carbocycles. The minimum absolute atomic E-state index is 0.0667. The topological polar surface area (TPSA) is 41.1 Å². The van der Waals surface area contributed by atoms with E-state index in [0.29, 0.717) is 24.6 Å². The standard InChI is InChI=1S/C16H14F2N4S/c17-11-7-10(8-12(18)14(11)22-4-1-2-5-22)21-16-15-13(3-6-23-15)19-9-20-16/h3,6-9H,1-2,4-5H2,(H,19,20,21). The van der Waals surface area contributed by atoms with Gasteiger partial charge in [0, 0.05) is 18.8 Å². The molecule has 1 N–H and O–H groups in total. The molecule has 3 heterocycles. The lowest BCUT2D eigenvalue weighted by Crippen LogP contribution is -2.20. The number of nitrogens with zero attached hydrogens (tertiary/aromatic N) is 3. The summed E-state index contributed by atoms with van der Waals surface area (Å²) in [5.41, 5.74) is 1.22. The van der Waals surface area contributed by atoms with E-state index in [4.69, 9.17) is 0 Å². The van der Waals surface area contributed by atoms with E-state index in [1.165, 1.54) is 29.8 Å². The molecule has 1 aliphatic heterocycles. The van der Waals surface area contributed by atoms with Crippen LogP contribution in [0.4, 0.5) is 26.0 Å². The number of fused-ring (bicyclic) bond motifs is 1. The lowest BCUT2D eigenvalue weighted by atomic mass is 10.2. The molecule has 0 spiro atoms. The molecule has 0 bridgehead atoms. The van der Waals surface area contributed by atoms with Gasteiger partial charge in [-0.25, -0.2) is 18.7 Å². The zero-order chi connectivity index (χ0) is 15.8. The van der Waals surface area contributed by atoms with Gasteiger partial charge in [0.2, 0.25) is 0 Å². The van der Waals surface area contributed by atoms with E-state index in [2.05, 4.69) is 15.3 Å². The van der Waals surface area contributed by atoms with Crippen LogP contribution in [0.5, 0.6) is 0 Å². The van der Waals surface area contributed by atoms with Crippen molar-refractivity contribution in [3.05, 3.63) is 41.5 Å². The molecule has 1 fully saturated rings. The Morgan fingerprint density at radius 3 is 2.57 bits per heavy atom. The third kappa shape index (κ3) is 2.61. The summed E-state index contributed by atoms with van der Waals surface area (Å²) in [6.07, 6.45) is 3.37. The smallest absolute Gasteiger partial charge is 0.151 e. The largest absolute Gasteiger partial charge is 0.367 e. The molecule has 0 radical (unpaired) electrons. The predicted octanol–water partition coefficient (Wildman–Crippen LogP) is 4.31. The van der Waals surface area contributed by atoms with Crippen LogP contribution in [-0.2, 0) is 0 Å². The number of anilines is 3. The highest BCUT2D eigenvalue weighted by Gasteiger charge is 2.21. The maximum atomic E-state index is 14.4. The van der Waals surface area contributed by atoms with Gasteiger partial charge in [-0.2, -0.15) is 0 Å². The van der Waals surface area contributed by atoms with Gasteiger partial charge in [-0.15, -0.1) is 11.3 Å². The first-order valence-electron chi connectivity index (χ1n) is 7.41. The quantitative estimate of drug-likeness (QED) is 0.776. The van der Waals surface area contributed by atoms with Crippen LogP contribution in [0.25, 0.3) is 10.2 Å². The third-order valence-electron chi connectivity index (χ3n) is 3.95. The highest BCUT2D eigenvalue weighted by atomic mass is 32.1. The molecule has 118 valence electrons. The molecule has 0 amide bonds. The van der Waals surface area contributed by atoms with E-state index < -0.39 is 11.6 Å². The average molecular weight is 332 g/mol. The Kier molecular flexibility index (Phi) is 3.57. The van der Waals surface area contributed by atoms with Crippen molar-refractivity contribution in [2.75, 3.05) is 23.3 Å². The van der Waals surface area contributed by atoms with Gasteiger partial charge in [0.15, 0.2) is 17.5 Å². The van der Waals surface area contributed by atoms with E-state index in [-0.39, 0.29) is 5.69 Å². The summed E-state index contributed by atoms with van der Waals surface area (Å²) in [4.78, 5) is 10.1. The Hall–Kier alpha value is -2.28. The number of rotatable bonds is 3. The Bertz CT molecular complexity index is 835. The van der Waals surface area contributed by atoms with Gasteiger partial charge in [-0.3, -0.25) is 0 Å². The van der Waals surface area contributed by atoms with Gasteiger partial charge < -0.3 is 10.2 Å². The molecule has 4 rings (SSSR count). The van der Waals surface area contributed by atoms with Crippen LogP contribution in [0.3, 0.4) is 0 Å². The molecule has 3 aromatic rings. The molecule has 1 aliphatic rings. The number of hydrogen-bond acceptors (Lipinski definition) is 5. The molecule has 0 unspecified atom stereocenters. The van der Waals surface area contributed by atoms with Gasteiger partial charge in [0.05, 0.1) is 10.2 Å². The van der Waals surface area contributed by atoms with Crippen molar-refractivity contribution < 1.29 is 8.78 Å². The van der Waals surface area contributed by atoms with E-state index >= 15 is 0 Å². The summed E-state index contributed by atoms with van der Waals surface area (Å²) in [6.45, 7) is 1.39. The van der Waals surface area contributed by atoms with E-state index in [0.717, 1.165) is 23.1 Å². The fourth-order valence-electron chi connectivity index (χ4n) is 2.90. The zero-order valence-corrected chi connectivity index (χ0v) is 13.0. The first kappa shape index (κ1) is 14.3. The van der Waals surface area contributed by atoms with Crippen LogP contribution in [0.15, 0.2) is 29.9 Å². The number of hydrogen-bond donors (Lipinski definition) is 1. The second-order valence-electron chi connectivity index (χ2n) is 5.46. The van der Waals surface area contributed by atoms with Crippen LogP contribution >= 0.6 is 11.3 Å². The Labute approximate surface area is 135 Å². The number of thiophene rings is 1. The molecule has 0 aliphatic carbocycles. The minimum atomic E-state index is -0.550. The summed E-state index contributed by atoms with van der Waals surface area (Å²) < 4.78 is 29.6. The molecule has 0 saturated carbocycles. The molecule has 23 heavy (non-hydrogen) atoms. The van der Waals surface area contributed by atoms with Gasteiger partial charge in [0.1, 0.15) is 12.0 Å². The van der Waals surface area contributed by atoms with Crippen molar-refractivity contribution in [3.63, 3.8) is 0 Å². The van der Waals surface area contributed by atoms with Gasteiger partial charge >= 0.3 is 0 Å². The van der Waals surface area contributed by atoms with Gasteiger partial charge in [-0.05, 0) is 36.4 Å². The summed E-state index contributed by atoms with van der Waals surface area (Å²) >= 11 is 1.48. The number of nitrogens with one attached hydrogen (secondary N) is 1. The van der Waals surface area contributed by atoms with Crippen LogP contribution in [0.1, 0.15) is 12.8 Å². The Morgan fingerprint density at radius 2 is 1.83 bits per heavy atom.